The van der Waals surface area contributed by atoms with Gasteiger partial charge in [-0.15, -0.1) is 0 Å². The number of nitrogens with zero attached hydrogens (tertiary/aromatic N) is 1. The Morgan fingerprint density at radius 1 is 1.24 bits per heavy atom. The van der Waals surface area contributed by atoms with Crippen molar-refractivity contribution < 1.29 is 0 Å². The van der Waals surface area contributed by atoms with Crippen molar-refractivity contribution in [1.82, 2.24) is 5.32 Å². The largest absolute Gasteiger partial charge is 0.312 e. The lowest BCUT2D eigenvalue weighted by Crippen LogP contribution is -2.36. The molecule has 0 saturated heterocycles. The maximum atomic E-state index is 9.00. The Hall–Kier alpha value is -0.550. The van der Waals surface area contributed by atoms with Gasteiger partial charge < -0.3 is 5.32 Å². The van der Waals surface area contributed by atoms with Crippen molar-refractivity contribution in [3.8, 4) is 6.07 Å². The number of hydrogen-bond donors (Lipinski definition) is 1. The zero-order valence-electron chi connectivity index (χ0n) is 11.9. The van der Waals surface area contributed by atoms with Gasteiger partial charge in [0.25, 0.3) is 0 Å². The Labute approximate surface area is 107 Å². The van der Waals surface area contributed by atoms with E-state index in [9.17, 15) is 0 Å². The molecule has 0 bridgehead atoms. The predicted octanol–water partition coefficient (Wildman–Crippen LogP) is 3.73. The molecule has 1 aliphatic rings. The van der Waals surface area contributed by atoms with Crippen LogP contribution in [-0.2, 0) is 0 Å². The molecule has 0 aromatic heterocycles. The average Bonchev–Trinajstić information content (AvgIpc) is 2.52. The molecule has 1 N–H and O–H groups in total. The molecule has 1 aliphatic carbocycles. The molecule has 2 atom stereocenters. The van der Waals surface area contributed by atoms with Gasteiger partial charge >= 0.3 is 0 Å². The lowest BCUT2D eigenvalue weighted by atomic mass is 9.89. The molecule has 2 nitrogen and oxygen atoms in total. The van der Waals surface area contributed by atoms with Gasteiger partial charge in [-0.25, -0.2) is 0 Å². The van der Waals surface area contributed by atoms with E-state index in [0.29, 0.717) is 6.04 Å². The van der Waals surface area contributed by atoms with E-state index < -0.39 is 0 Å². The monoisotopic (exact) mass is 236 g/mol. The average molecular weight is 236 g/mol. The Morgan fingerprint density at radius 2 is 1.94 bits per heavy atom. The molecule has 1 saturated carbocycles. The predicted molar refractivity (Wildman–Crippen MR) is 72.6 cm³/mol. The van der Waals surface area contributed by atoms with Crippen LogP contribution in [0.4, 0.5) is 0 Å². The zero-order chi connectivity index (χ0) is 12.9. The summed E-state index contributed by atoms with van der Waals surface area (Å²) in [7, 11) is 0. The first kappa shape index (κ1) is 14.5. The van der Waals surface area contributed by atoms with Crippen LogP contribution < -0.4 is 5.32 Å². The number of nitrogens with one attached hydrogen (secondary N) is 1. The maximum absolute atomic E-state index is 9.00. The normalized spacial score (nSPS) is 26.6. The van der Waals surface area contributed by atoms with Gasteiger partial charge in [0.1, 0.15) is 0 Å². The topological polar surface area (TPSA) is 35.8 Å². The SMILES string of the molecule is CC(C)C1CCCC(NCC(C)(C)C#N)CC1. The minimum absolute atomic E-state index is 0.232. The Bertz CT molecular complexity index is 263. The molecule has 0 aromatic carbocycles. The summed E-state index contributed by atoms with van der Waals surface area (Å²) in [6.07, 6.45) is 6.64. The molecule has 1 fully saturated rings. The second kappa shape index (κ2) is 6.40. The van der Waals surface area contributed by atoms with E-state index in [-0.39, 0.29) is 5.41 Å². The van der Waals surface area contributed by atoms with Crippen molar-refractivity contribution in [3.63, 3.8) is 0 Å². The summed E-state index contributed by atoms with van der Waals surface area (Å²) in [6.45, 7) is 9.52. The summed E-state index contributed by atoms with van der Waals surface area (Å²) in [5.74, 6) is 1.73. The molecule has 0 aliphatic heterocycles. The van der Waals surface area contributed by atoms with Crippen LogP contribution in [0.2, 0.25) is 0 Å². The molecule has 0 heterocycles. The molecular weight excluding hydrogens is 208 g/mol. The standard InChI is InChI=1S/C15H28N2/c1-12(2)13-6-5-7-14(9-8-13)17-11-15(3,4)10-16/h12-14,17H,5-9,11H2,1-4H3. The highest BCUT2D eigenvalue weighted by Gasteiger charge is 2.23. The van der Waals surface area contributed by atoms with E-state index in [0.717, 1.165) is 18.4 Å². The molecule has 2 unspecified atom stereocenters. The Balaban J connectivity index is 2.35. The van der Waals surface area contributed by atoms with Crippen LogP contribution in [0.25, 0.3) is 0 Å². The zero-order valence-corrected chi connectivity index (χ0v) is 11.9. The first-order valence-electron chi connectivity index (χ1n) is 7.09. The highest BCUT2D eigenvalue weighted by Crippen LogP contribution is 2.29. The van der Waals surface area contributed by atoms with Crippen LogP contribution in [0.3, 0.4) is 0 Å². The van der Waals surface area contributed by atoms with E-state index >= 15 is 0 Å². The number of nitriles is 1. The fraction of sp³-hybridized carbons (Fsp3) is 0.933. The van der Waals surface area contributed by atoms with Crippen molar-refractivity contribution in [2.45, 2.75) is 65.8 Å². The van der Waals surface area contributed by atoms with Crippen molar-refractivity contribution in [2.24, 2.45) is 17.3 Å². The van der Waals surface area contributed by atoms with Gasteiger partial charge in [0.05, 0.1) is 11.5 Å². The molecule has 2 heteroatoms. The molecule has 0 amide bonds. The third kappa shape index (κ3) is 5.08. The van der Waals surface area contributed by atoms with Crippen LogP contribution in [0.1, 0.15) is 59.8 Å². The second-order valence-corrected chi connectivity index (χ2v) is 6.59. The summed E-state index contributed by atoms with van der Waals surface area (Å²) >= 11 is 0. The molecular formula is C15H28N2. The lowest BCUT2D eigenvalue weighted by Gasteiger charge is -2.22. The van der Waals surface area contributed by atoms with Gasteiger partial charge in [-0.1, -0.05) is 26.7 Å². The molecule has 0 aromatic rings. The molecule has 17 heavy (non-hydrogen) atoms. The van der Waals surface area contributed by atoms with Gasteiger partial charge in [-0.3, -0.25) is 0 Å². The highest BCUT2D eigenvalue weighted by molar-refractivity contribution is 4.94. The summed E-state index contributed by atoms with van der Waals surface area (Å²) in [6, 6.07) is 2.99. The van der Waals surface area contributed by atoms with Gasteiger partial charge in [0, 0.05) is 12.6 Å². The van der Waals surface area contributed by atoms with Gasteiger partial charge in [-0.05, 0) is 44.9 Å². The van der Waals surface area contributed by atoms with E-state index in [2.05, 4.69) is 25.2 Å². The fourth-order valence-corrected chi connectivity index (χ4v) is 2.64. The molecule has 0 spiro atoms. The van der Waals surface area contributed by atoms with Gasteiger partial charge in [0.2, 0.25) is 0 Å². The van der Waals surface area contributed by atoms with Gasteiger partial charge in [-0.2, -0.15) is 5.26 Å². The van der Waals surface area contributed by atoms with Crippen molar-refractivity contribution in [2.75, 3.05) is 6.54 Å². The maximum Gasteiger partial charge on any atom is 0.0697 e. The number of hydrogen-bond acceptors (Lipinski definition) is 2. The van der Waals surface area contributed by atoms with Gasteiger partial charge in [0.15, 0.2) is 0 Å². The van der Waals surface area contributed by atoms with Crippen LogP contribution in [0, 0.1) is 28.6 Å². The van der Waals surface area contributed by atoms with Crippen LogP contribution >= 0.6 is 0 Å². The molecule has 0 radical (unpaired) electrons. The third-order valence-electron chi connectivity index (χ3n) is 4.09. The highest BCUT2D eigenvalue weighted by atomic mass is 14.9. The minimum Gasteiger partial charge on any atom is -0.312 e. The summed E-state index contributed by atoms with van der Waals surface area (Å²) < 4.78 is 0. The van der Waals surface area contributed by atoms with Crippen molar-refractivity contribution >= 4 is 0 Å². The summed E-state index contributed by atoms with van der Waals surface area (Å²) in [4.78, 5) is 0. The quantitative estimate of drug-likeness (QED) is 0.755. The molecule has 1 rings (SSSR count). The smallest absolute Gasteiger partial charge is 0.0697 e. The molecule has 98 valence electrons. The third-order valence-corrected chi connectivity index (χ3v) is 4.09. The Kier molecular flexibility index (Phi) is 5.46. The van der Waals surface area contributed by atoms with Crippen molar-refractivity contribution in [1.29, 1.82) is 5.26 Å². The fourth-order valence-electron chi connectivity index (χ4n) is 2.64. The van der Waals surface area contributed by atoms with E-state index in [1.54, 1.807) is 0 Å². The van der Waals surface area contributed by atoms with Crippen LogP contribution in [-0.4, -0.2) is 12.6 Å². The number of rotatable bonds is 4. The van der Waals surface area contributed by atoms with E-state index in [4.69, 9.17) is 5.26 Å². The Morgan fingerprint density at radius 3 is 2.53 bits per heavy atom. The van der Waals surface area contributed by atoms with Crippen molar-refractivity contribution in [3.05, 3.63) is 0 Å². The minimum atomic E-state index is -0.232. The summed E-state index contributed by atoms with van der Waals surface area (Å²) in [5.41, 5.74) is -0.232. The van der Waals surface area contributed by atoms with E-state index in [1.807, 2.05) is 13.8 Å². The van der Waals surface area contributed by atoms with E-state index in [1.165, 1.54) is 32.1 Å². The first-order chi connectivity index (χ1) is 7.94. The lowest BCUT2D eigenvalue weighted by molar-refractivity contribution is 0.332. The van der Waals surface area contributed by atoms with Crippen LogP contribution in [0.5, 0.6) is 0 Å². The van der Waals surface area contributed by atoms with Crippen LogP contribution in [0.15, 0.2) is 0 Å². The first-order valence-corrected chi connectivity index (χ1v) is 7.09. The second-order valence-electron chi connectivity index (χ2n) is 6.59. The summed E-state index contributed by atoms with van der Waals surface area (Å²) in [5, 5.41) is 12.6.